The van der Waals surface area contributed by atoms with E-state index in [1.165, 1.54) is 24.3 Å². The van der Waals surface area contributed by atoms with E-state index in [2.05, 4.69) is 5.32 Å². The lowest BCUT2D eigenvalue weighted by Gasteiger charge is -2.30. The normalized spacial score (nSPS) is 12.5. The van der Waals surface area contributed by atoms with E-state index >= 15 is 0 Å². The number of para-hydroxylation sites is 1. The van der Waals surface area contributed by atoms with Crippen LogP contribution in [0.5, 0.6) is 0 Å². The molecule has 5 nitrogen and oxygen atoms in total. The van der Waals surface area contributed by atoms with Crippen molar-refractivity contribution in [3.63, 3.8) is 0 Å². The van der Waals surface area contributed by atoms with Gasteiger partial charge in [0.2, 0.25) is 15.9 Å². The molecule has 0 bridgehead atoms. The first kappa shape index (κ1) is 19.9. The van der Waals surface area contributed by atoms with Crippen molar-refractivity contribution in [1.82, 2.24) is 0 Å². The number of anilines is 2. The van der Waals surface area contributed by atoms with Gasteiger partial charge in [0.25, 0.3) is 0 Å². The zero-order valence-electron chi connectivity index (χ0n) is 15.3. The van der Waals surface area contributed by atoms with Gasteiger partial charge in [-0.3, -0.25) is 9.10 Å². The van der Waals surface area contributed by atoms with E-state index < -0.39 is 27.8 Å². The minimum absolute atomic E-state index is 0.142. The Kier molecular flexibility index (Phi) is 6.02. The van der Waals surface area contributed by atoms with Crippen LogP contribution in [0.4, 0.5) is 15.8 Å². The lowest BCUT2D eigenvalue weighted by molar-refractivity contribution is -0.117. The minimum Gasteiger partial charge on any atom is -0.324 e. The molecular weight excluding hydrogens is 355 g/mol. The molecule has 0 radical (unpaired) electrons. The third-order valence-corrected chi connectivity index (χ3v) is 5.36. The maximum atomic E-state index is 14.2. The summed E-state index contributed by atoms with van der Waals surface area (Å²) in [6, 6.07) is 9.89. The smallest absolute Gasteiger partial charge is 0.248 e. The molecule has 2 aromatic rings. The zero-order valence-corrected chi connectivity index (χ0v) is 16.1. The summed E-state index contributed by atoms with van der Waals surface area (Å²) in [6.07, 6.45) is 1.16. The number of amides is 1. The molecule has 1 atom stereocenters. The van der Waals surface area contributed by atoms with Gasteiger partial charge in [-0.2, -0.15) is 0 Å². The summed E-state index contributed by atoms with van der Waals surface area (Å²) in [5.74, 6) is -1.21. The molecular formula is C19H23FN2O3S. The Morgan fingerprint density at radius 3 is 2.35 bits per heavy atom. The Bertz CT molecular complexity index is 913. The van der Waals surface area contributed by atoms with Gasteiger partial charge in [-0.05, 0) is 55.7 Å². The monoisotopic (exact) mass is 378 g/mol. The lowest BCUT2D eigenvalue weighted by atomic mass is 10.1. The molecule has 1 amide bonds. The molecule has 7 heteroatoms. The van der Waals surface area contributed by atoms with Gasteiger partial charge >= 0.3 is 0 Å². The standard InChI is InChI=1S/C19H23FN2O3S/c1-5-17(19(23)21-15-11-10-13(2)14(3)12-15)22(26(4,24)25)18-9-7-6-8-16(18)20/h6-12,17H,5H2,1-4H3,(H,21,23)/t17-/m0/s1. The van der Waals surface area contributed by atoms with Gasteiger partial charge in [0.1, 0.15) is 11.9 Å². The predicted octanol–water partition coefficient (Wildman–Crippen LogP) is 3.63. The Labute approximate surface area is 153 Å². The summed E-state index contributed by atoms with van der Waals surface area (Å²) in [4.78, 5) is 12.8. The SMILES string of the molecule is CC[C@@H](C(=O)Nc1ccc(C)c(C)c1)N(c1ccccc1F)S(C)(=O)=O. The summed E-state index contributed by atoms with van der Waals surface area (Å²) >= 11 is 0. The molecule has 0 spiro atoms. The van der Waals surface area contributed by atoms with Crippen LogP contribution in [0.15, 0.2) is 42.5 Å². The highest BCUT2D eigenvalue weighted by Crippen LogP contribution is 2.26. The second-order valence-electron chi connectivity index (χ2n) is 6.22. The van der Waals surface area contributed by atoms with E-state index in [4.69, 9.17) is 0 Å². The number of nitrogens with zero attached hydrogens (tertiary/aromatic N) is 1. The summed E-state index contributed by atoms with van der Waals surface area (Å²) in [5, 5.41) is 2.74. The minimum atomic E-state index is -3.87. The third-order valence-electron chi connectivity index (χ3n) is 4.19. The molecule has 0 fully saturated rings. The van der Waals surface area contributed by atoms with Crippen molar-refractivity contribution in [2.24, 2.45) is 0 Å². The fraction of sp³-hybridized carbons (Fsp3) is 0.316. The van der Waals surface area contributed by atoms with Gasteiger partial charge < -0.3 is 5.32 Å². The van der Waals surface area contributed by atoms with E-state index in [0.29, 0.717) is 5.69 Å². The van der Waals surface area contributed by atoms with E-state index in [1.807, 2.05) is 26.0 Å². The molecule has 2 rings (SSSR count). The first-order valence-corrected chi connectivity index (χ1v) is 10.1. The molecule has 26 heavy (non-hydrogen) atoms. The quantitative estimate of drug-likeness (QED) is 0.835. The molecule has 0 aliphatic carbocycles. The Morgan fingerprint density at radius 2 is 1.81 bits per heavy atom. The highest BCUT2D eigenvalue weighted by atomic mass is 32.2. The van der Waals surface area contributed by atoms with Gasteiger partial charge in [-0.1, -0.05) is 25.1 Å². The van der Waals surface area contributed by atoms with Crippen molar-refractivity contribution in [3.8, 4) is 0 Å². The summed E-state index contributed by atoms with van der Waals surface area (Å²) in [5.41, 5.74) is 2.51. The van der Waals surface area contributed by atoms with Crippen molar-refractivity contribution in [3.05, 3.63) is 59.4 Å². The molecule has 0 unspecified atom stereocenters. The molecule has 0 saturated heterocycles. The van der Waals surface area contributed by atoms with Gasteiger partial charge in [-0.25, -0.2) is 12.8 Å². The number of carbonyl (C=O) groups is 1. The van der Waals surface area contributed by atoms with Gasteiger partial charge in [0.15, 0.2) is 0 Å². The van der Waals surface area contributed by atoms with Crippen LogP contribution in [-0.4, -0.2) is 26.6 Å². The fourth-order valence-corrected chi connectivity index (χ4v) is 3.92. The van der Waals surface area contributed by atoms with E-state index in [9.17, 15) is 17.6 Å². The van der Waals surface area contributed by atoms with Crippen LogP contribution in [-0.2, 0) is 14.8 Å². The largest absolute Gasteiger partial charge is 0.324 e. The number of aryl methyl sites for hydroxylation is 2. The van der Waals surface area contributed by atoms with Crippen LogP contribution in [0.25, 0.3) is 0 Å². The summed E-state index contributed by atoms with van der Waals surface area (Å²) < 4.78 is 39.7. The molecule has 0 aliphatic heterocycles. The van der Waals surface area contributed by atoms with E-state index in [1.54, 1.807) is 13.0 Å². The maximum absolute atomic E-state index is 14.2. The molecule has 140 valence electrons. The zero-order chi connectivity index (χ0) is 19.5. The highest BCUT2D eigenvalue weighted by molar-refractivity contribution is 7.92. The Hall–Kier alpha value is -2.41. The number of hydrogen-bond donors (Lipinski definition) is 1. The molecule has 0 aromatic heterocycles. The number of benzene rings is 2. The van der Waals surface area contributed by atoms with Crippen molar-refractivity contribution in [2.45, 2.75) is 33.2 Å². The third kappa shape index (κ3) is 4.40. The second-order valence-corrected chi connectivity index (χ2v) is 8.08. The van der Waals surface area contributed by atoms with Crippen molar-refractivity contribution in [1.29, 1.82) is 0 Å². The molecule has 2 aromatic carbocycles. The van der Waals surface area contributed by atoms with Gasteiger partial charge in [-0.15, -0.1) is 0 Å². The molecule has 0 heterocycles. The number of nitrogens with one attached hydrogen (secondary N) is 1. The van der Waals surface area contributed by atoms with E-state index in [0.717, 1.165) is 21.7 Å². The second kappa shape index (κ2) is 7.86. The van der Waals surface area contributed by atoms with Gasteiger partial charge in [0, 0.05) is 5.69 Å². The number of hydrogen-bond acceptors (Lipinski definition) is 3. The highest BCUT2D eigenvalue weighted by Gasteiger charge is 2.33. The van der Waals surface area contributed by atoms with E-state index in [-0.39, 0.29) is 12.1 Å². The number of halogens is 1. The topological polar surface area (TPSA) is 66.5 Å². The van der Waals surface area contributed by atoms with Crippen LogP contribution in [0.3, 0.4) is 0 Å². The Balaban J connectivity index is 2.40. The van der Waals surface area contributed by atoms with Crippen molar-refractivity contribution >= 4 is 27.3 Å². The van der Waals surface area contributed by atoms with Crippen LogP contribution in [0, 0.1) is 19.7 Å². The first-order chi connectivity index (χ1) is 12.1. The average Bonchev–Trinajstić information content (AvgIpc) is 2.55. The molecule has 0 aliphatic rings. The van der Waals surface area contributed by atoms with Crippen LogP contribution in [0.2, 0.25) is 0 Å². The van der Waals surface area contributed by atoms with Crippen LogP contribution in [0.1, 0.15) is 24.5 Å². The van der Waals surface area contributed by atoms with Crippen molar-refractivity contribution in [2.75, 3.05) is 15.9 Å². The van der Waals surface area contributed by atoms with Crippen LogP contribution >= 0.6 is 0 Å². The molecule has 0 saturated carbocycles. The number of carbonyl (C=O) groups excluding carboxylic acids is 1. The fourth-order valence-electron chi connectivity index (χ4n) is 2.71. The number of rotatable bonds is 6. The maximum Gasteiger partial charge on any atom is 0.248 e. The predicted molar refractivity (Wildman–Crippen MR) is 102 cm³/mol. The molecule has 1 N–H and O–H groups in total. The van der Waals surface area contributed by atoms with Crippen molar-refractivity contribution < 1.29 is 17.6 Å². The average molecular weight is 378 g/mol. The Morgan fingerprint density at radius 1 is 1.15 bits per heavy atom. The lowest BCUT2D eigenvalue weighted by Crippen LogP contribution is -2.47. The van der Waals surface area contributed by atoms with Crippen LogP contribution < -0.4 is 9.62 Å². The first-order valence-electron chi connectivity index (χ1n) is 8.27. The van der Waals surface area contributed by atoms with Gasteiger partial charge in [0.05, 0.1) is 11.9 Å². The summed E-state index contributed by atoms with van der Waals surface area (Å²) in [6.45, 7) is 5.56. The summed E-state index contributed by atoms with van der Waals surface area (Å²) in [7, 11) is -3.87. The number of sulfonamides is 1.